The van der Waals surface area contributed by atoms with Crippen LogP contribution < -0.4 is 0 Å². The molecule has 0 nitrogen and oxygen atoms in total. The number of rotatable bonds is 1. The Labute approximate surface area is 104 Å². The summed E-state index contributed by atoms with van der Waals surface area (Å²) in [7, 11) is 0. The maximum absolute atomic E-state index is 3.32. The Morgan fingerprint density at radius 3 is 2.18 bits per heavy atom. The van der Waals surface area contributed by atoms with Gasteiger partial charge in [-0.1, -0.05) is 68.8 Å². The zero-order valence-corrected chi connectivity index (χ0v) is 11.0. The Morgan fingerprint density at radius 2 is 1.59 bits per heavy atom. The van der Waals surface area contributed by atoms with Gasteiger partial charge in [-0.15, -0.1) is 0 Å². The molecule has 0 fully saturated rings. The van der Waals surface area contributed by atoms with Crippen molar-refractivity contribution in [3.8, 4) is 11.1 Å². The fourth-order valence-corrected chi connectivity index (χ4v) is 1.83. The van der Waals surface area contributed by atoms with E-state index in [1.807, 2.05) is 6.07 Å². The van der Waals surface area contributed by atoms with Crippen LogP contribution in [0, 0.1) is 13.0 Å². The molecule has 0 bridgehead atoms. The molecule has 0 saturated carbocycles. The smallest absolute Gasteiger partial charge is 0.00990 e. The first-order valence-corrected chi connectivity index (χ1v) is 6.06. The van der Waals surface area contributed by atoms with Gasteiger partial charge in [-0.2, -0.15) is 0 Å². The summed E-state index contributed by atoms with van der Waals surface area (Å²) in [5.41, 5.74) is 5.25. The van der Waals surface area contributed by atoms with Gasteiger partial charge in [0.25, 0.3) is 0 Å². The molecule has 0 aliphatic carbocycles. The first-order chi connectivity index (χ1) is 7.97. The Morgan fingerprint density at radius 1 is 0.941 bits per heavy atom. The Bertz CT molecular complexity index is 498. The molecule has 0 unspecified atom stereocenters. The first-order valence-electron chi connectivity index (χ1n) is 6.06. The zero-order chi connectivity index (χ0) is 12.5. The number of hydrogen-bond donors (Lipinski definition) is 0. The second kappa shape index (κ2) is 4.37. The monoisotopic (exact) mass is 223 g/mol. The highest BCUT2D eigenvalue weighted by atomic mass is 14.2. The molecule has 0 N–H and O–H groups in total. The molecule has 17 heavy (non-hydrogen) atoms. The summed E-state index contributed by atoms with van der Waals surface area (Å²) in [4.78, 5) is 0. The van der Waals surface area contributed by atoms with E-state index in [0.29, 0.717) is 0 Å². The molecular formula is C17H19. The van der Waals surface area contributed by atoms with Crippen LogP contribution in [0.25, 0.3) is 11.1 Å². The van der Waals surface area contributed by atoms with E-state index in [1.165, 1.54) is 22.3 Å². The molecule has 0 saturated heterocycles. The number of benzene rings is 2. The van der Waals surface area contributed by atoms with E-state index < -0.39 is 0 Å². The van der Waals surface area contributed by atoms with Gasteiger partial charge in [0, 0.05) is 0 Å². The van der Waals surface area contributed by atoms with Gasteiger partial charge in [0.15, 0.2) is 0 Å². The van der Waals surface area contributed by atoms with Crippen LogP contribution in [0.5, 0.6) is 0 Å². The van der Waals surface area contributed by atoms with Gasteiger partial charge < -0.3 is 0 Å². The molecular weight excluding hydrogens is 204 g/mol. The quantitative estimate of drug-likeness (QED) is 0.654. The van der Waals surface area contributed by atoms with Crippen molar-refractivity contribution in [2.75, 3.05) is 0 Å². The summed E-state index contributed by atoms with van der Waals surface area (Å²) in [6.45, 7) is 8.82. The van der Waals surface area contributed by atoms with Gasteiger partial charge in [0.1, 0.15) is 0 Å². The van der Waals surface area contributed by atoms with Crippen molar-refractivity contribution in [2.45, 2.75) is 33.1 Å². The summed E-state index contributed by atoms with van der Waals surface area (Å²) in [6, 6.07) is 18.3. The van der Waals surface area contributed by atoms with Crippen molar-refractivity contribution < 1.29 is 0 Å². The minimum atomic E-state index is 0.189. The van der Waals surface area contributed by atoms with Crippen LogP contribution in [-0.4, -0.2) is 0 Å². The standard InChI is InChI=1S/C17H19/c1-13-8-10-14(11-9-13)15-6-5-7-16(12-15)17(2,3)4/h5,7-12H,1-4H3. The van der Waals surface area contributed by atoms with E-state index in [-0.39, 0.29) is 5.41 Å². The van der Waals surface area contributed by atoms with Crippen molar-refractivity contribution >= 4 is 0 Å². The maximum Gasteiger partial charge on any atom is -0.00990 e. The van der Waals surface area contributed by atoms with E-state index in [0.717, 1.165) is 0 Å². The summed E-state index contributed by atoms with van der Waals surface area (Å²) in [5, 5.41) is 0. The number of hydrogen-bond acceptors (Lipinski definition) is 0. The molecule has 0 aromatic heterocycles. The van der Waals surface area contributed by atoms with Gasteiger partial charge in [0.2, 0.25) is 0 Å². The van der Waals surface area contributed by atoms with Crippen molar-refractivity contribution in [3.05, 3.63) is 59.7 Å². The Kier molecular flexibility index (Phi) is 3.06. The largest absolute Gasteiger partial charge is 0.0587 e. The molecule has 0 aliphatic rings. The highest BCUT2D eigenvalue weighted by Gasteiger charge is 2.13. The lowest BCUT2D eigenvalue weighted by molar-refractivity contribution is 0.590. The normalized spacial score (nSPS) is 11.5. The first kappa shape index (κ1) is 11.9. The predicted molar refractivity (Wildman–Crippen MR) is 74.2 cm³/mol. The summed E-state index contributed by atoms with van der Waals surface area (Å²) in [5.74, 6) is 0. The highest BCUT2D eigenvalue weighted by molar-refractivity contribution is 5.64. The second-order valence-electron chi connectivity index (χ2n) is 5.61. The van der Waals surface area contributed by atoms with E-state index in [9.17, 15) is 0 Å². The molecule has 0 heteroatoms. The van der Waals surface area contributed by atoms with E-state index in [1.54, 1.807) is 0 Å². The molecule has 87 valence electrons. The zero-order valence-electron chi connectivity index (χ0n) is 11.0. The molecule has 2 rings (SSSR count). The van der Waals surface area contributed by atoms with Gasteiger partial charge in [-0.25, -0.2) is 0 Å². The lowest BCUT2D eigenvalue weighted by Gasteiger charge is -2.19. The van der Waals surface area contributed by atoms with Crippen LogP contribution in [0.3, 0.4) is 0 Å². The predicted octanol–water partition coefficient (Wildman–Crippen LogP) is 4.76. The molecule has 2 aromatic carbocycles. The molecule has 1 radical (unpaired) electrons. The SMILES string of the molecule is Cc1ccc(-c2[c]ccc(C(C)(C)C)c2)cc1. The topological polar surface area (TPSA) is 0 Å². The van der Waals surface area contributed by atoms with Crippen LogP contribution >= 0.6 is 0 Å². The van der Waals surface area contributed by atoms with Gasteiger partial charge in [-0.3, -0.25) is 0 Å². The third kappa shape index (κ3) is 2.76. The van der Waals surface area contributed by atoms with Crippen molar-refractivity contribution in [1.82, 2.24) is 0 Å². The lowest BCUT2D eigenvalue weighted by Crippen LogP contribution is -2.10. The number of aryl methyl sites for hydroxylation is 1. The van der Waals surface area contributed by atoms with E-state index in [2.05, 4.69) is 70.2 Å². The average molecular weight is 223 g/mol. The molecule has 2 aromatic rings. The Hall–Kier alpha value is -1.56. The molecule has 0 amide bonds. The Balaban J connectivity index is 2.43. The second-order valence-corrected chi connectivity index (χ2v) is 5.61. The van der Waals surface area contributed by atoms with Crippen LogP contribution in [0.2, 0.25) is 0 Å². The molecule has 0 spiro atoms. The van der Waals surface area contributed by atoms with Crippen molar-refractivity contribution in [1.29, 1.82) is 0 Å². The highest BCUT2D eigenvalue weighted by Crippen LogP contribution is 2.27. The summed E-state index contributed by atoms with van der Waals surface area (Å²) in [6.07, 6.45) is 0. The molecule has 0 aliphatic heterocycles. The fourth-order valence-electron chi connectivity index (χ4n) is 1.83. The van der Waals surface area contributed by atoms with Gasteiger partial charge in [-0.05, 0) is 35.1 Å². The van der Waals surface area contributed by atoms with Crippen LogP contribution in [0.1, 0.15) is 31.9 Å². The van der Waals surface area contributed by atoms with E-state index >= 15 is 0 Å². The third-order valence-corrected chi connectivity index (χ3v) is 3.03. The minimum Gasteiger partial charge on any atom is -0.0587 e. The minimum absolute atomic E-state index is 0.189. The average Bonchev–Trinajstić information content (AvgIpc) is 2.29. The fraction of sp³-hybridized carbons (Fsp3) is 0.294. The molecule has 0 heterocycles. The summed E-state index contributed by atoms with van der Waals surface area (Å²) >= 11 is 0. The van der Waals surface area contributed by atoms with Gasteiger partial charge in [0.05, 0.1) is 0 Å². The van der Waals surface area contributed by atoms with Gasteiger partial charge >= 0.3 is 0 Å². The van der Waals surface area contributed by atoms with Crippen LogP contribution in [-0.2, 0) is 5.41 Å². The van der Waals surface area contributed by atoms with Crippen molar-refractivity contribution in [3.63, 3.8) is 0 Å². The van der Waals surface area contributed by atoms with Crippen molar-refractivity contribution in [2.24, 2.45) is 0 Å². The van der Waals surface area contributed by atoms with E-state index in [4.69, 9.17) is 0 Å². The lowest BCUT2D eigenvalue weighted by atomic mass is 9.85. The summed E-state index contributed by atoms with van der Waals surface area (Å²) < 4.78 is 0. The maximum atomic E-state index is 3.32. The van der Waals surface area contributed by atoms with Crippen LogP contribution in [0.4, 0.5) is 0 Å². The molecule has 0 atom stereocenters. The van der Waals surface area contributed by atoms with Crippen LogP contribution in [0.15, 0.2) is 42.5 Å². The third-order valence-electron chi connectivity index (χ3n) is 3.03.